The molecule has 1 fully saturated rings. The van der Waals surface area contributed by atoms with Crippen LogP contribution in [0.5, 0.6) is 28.7 Å². The third-order valence-corrected chi connectivity index (χ3v) is 7.46. The first-order chi connectivity index (χ1) is 19.6. The van der Waals surface area contributed by atoms with Crippen molar-refractivity contribution in [3.05, 3.63) is 72.0 Å². The SMILES string of the molecule is CCC(CC)CC1(O)CCN(C(=O)Nc2cc(Oc3ccc(F)cc3)cc(Oc3ccc(C(N)=O)c(O)c3)c2)CC1. The average molecular weight is 566 g/mol. The third-order valence-electron chi connectivity index (χ3n) is 7.46. The summed E-state index contributed by atoms with van der Waals surface area (Å²) in [5.74, 6) is 0.0990. The average Bonchev–Trinajstić information content (AvgIpc) is 2.93. The number of ether oxygens (including phenoxy) is 2. The highest BCUT2D eigenvalue weighted by Crippen LogP contribution is 2.35. The number of likely N-dealkylation sites (tertiary alicyclic amines) is 1. The Kier molecular flexibility index (Phi) is 9.34. The largest absolute Gasteiger partial charge is 0.507 e. The molecule has 3 amide bonds. The van der Waals surface area contributed by atoms with Crippen LogP contribution in [0.1, 0.15) is 56.3 Å². The number of nitrogens with one attached hydrogen (secondary N) is 1. The molecule has 218 valence electrons. The Morgan fingerprint density at radius 2 is 1.54 bits per heavy atom. The second-order valence-corrected chi connectivity index (χ2v) is 10.4. The molecule has 1 aliphatic rings. The molecule has 4 rings (SSSR count). The molecule has 3 aromatic rings. The van der Waals surface area contributed by atoms with Gasteiger partial charge in [0.05, 0.1) is 11.2 Å². The predicted molar refractivity (Wildman–Crippen MR) is 153 cm³/mol. The first-order valence-corrected chi connectivity index (χ1v) is 13.7. The molecule has 0 unspecified atom stereocenters. The third kappa shape index (κ3) is 7.88. The maximum Gasteiger partial charge on any atom is 0.321 e. The zero-order chi connectivity index (χ0) is 29.6. The number of primary amides is 1. The maximum absolute atomic E-state index is 13.4. The van der Waals surface area contributed by atoms with E-state index in [2.05, 4.69) is 19.2 Å². The van der Waals surface area contributed by atoms with E-state index in [0.29, 0.717) is 49.0 Å². The fourth-order valence-electron chi connectivity index (χ4n) is 4.97. The summed E-state index contributed by atoms with van der Waals surface area (Å²) in [6.07, 6.45) is 3.76. The fraction of sp³-hybridized carbons (Fsp3) is 0.355. The number of rotatable bonds is 10. The van der Waals surface area contributed by atoms with Crippen LogP contribution in [0.3, 0.4) is 0 Å². The molecule has 5 N–H and O–H groups in total. The van der Waals surface area contributed by atoms with Gasteiger partial charge in [0, 0.05) is 43.0 Å². The number of nitrogens with zero attached hydrogens (tertiary/aromatic N) is 1. The number of urea groups is 1. The Morgan fingerprint density at radius 1 is 0.951 bits per heavy atom. The van der Waals surface area contributed by atoms with Crippen LogP contribution in [0.2, 0.25) is 0 Å². The summed E-state index contributed by atoms with van der Waals surface area (Å²) in [6.45, 7) is 5.10. The lowest BCUT2D eigenvalue weighted by Gasteiger charge is -2.39. The van der Waals surface area contributed by atoms with Gasteiger partial charge in [-0.05, 0) is 61.6 Å². The van der Waals surface area contributed by atoms with Crippen molar-refractivity contribution >= 4 is 17.6 Å². The number of nitrogens with two attached hydrogens (primary N) is 1. The Bertz CT molecular complexity index is 1370. The zero-order valence-electron chi connectivity index (χ0n) is 23.2. The maximum atomic E-state index is 13.4. The van der Waals surface area contributed by atoms with E-state index >= 15 is 0 Å². The van der Waals surface area contributed by atoms with Gasteiger partial charge in [0.1, 0.15) is 34.6 Å². The molecule has 1 saturated heterocycles. The summed E-state index contributed by atoms with van der Waals surface area (Å²) in [4.78, 5) is 26.3. The second kappa shape index (κ2) is 12.9. The van der Waals surface area contributed by atoms with Crippen molar-refractivity contribution in [3.8, 4) is 28.7 Å². The van der Waals surface area contributed by atoms with Crippen LogP contribution >= 0.6 is 0 Å². The molecule has 0 aromatic heterocycles. The summed E-state index contributed by atoms with van der Waals surface area (Å²) in [6, 6.07) is 14.0. The number of benzene rings is 3. The van der Waals surface area contributed by atoms with Crippen LogP contribution in [0.25, 0.3) is 0 Å². The summed E-state index contributed by atoms with van der Waals surface area (Å²) in [7, 11) is 0. The zero-order valence-corrected chi connectivity index (χ0v) is 23.2. The van der Waals surface area contributed by atoms with E-state index < -0.39 is 17.3 Å². The van der Waals surface area contributed by atoms with E-state index in [1.807, 2.05) is 0 Å². The molecule has 0 atom stereocenters. The van der Waals surface area contributed by atoms with E-state index in [0.717, 1.165) is 19.3 Å². The quantitative estimate of drug-likeness (QED) is 0.225. The van der Waals surface area contributed by atoms with Crippen LogP contribution < -0.4 is 20.5 Å². The van der Waals surface area contributed by atoms with E-state index in [1.54, 1.807) is 23.1 Å². The van der Waals surface area contributed by atoms with Crippen LogP contribution in [-0.4, -0.2) is 45.7 Å². The molecule has 41 heavy (non-hydrogen) atoms. The monoisotopic (exact) mass is 565 g/mol. The summed E-state index contributed by atoms with van der Waals surface area (Å²) >= 11 is 0. The number of aliphatic hydroxyl groups is 1. The minimum Gasteiger partial charge on any atom is -0.507 e. The molecule has 0 saturated carbocycles. The minimum atomic E-state index is -0.777. The van der Waals surface area contributed by atoms with E-state index in [4.69, 9.17) is 15.2 Å². The van der Waals surface area contributed by atoms with Gasteiger partial charge >= 0.3 is 6.03 Å². The van der Waals surface area contributed by atoms with Crippen molar-refractivity contribution in [1.82, 2.24) is 4.90 Å². The van der Waals surface area contributed by atoms with Gasteiger partial charge < -0.3 is 35.6 Å². The first-order valence-electron chi connectivity index (χ1n) is 13.7. The molecule has 1 heterocycles. The van der Waals surface area contributed by atoms with Gasteiger partial charge in [0.25, 0.3) is 5.91 Å². The molecule has 1 aliphatic heterocycles. The van der Waals surface area contributed by atoms with Gasteiger partial charge in [0.2, 0.25) is 0 Å². The van der Waals surface area contributed by atoms with Crippen LogP contribution in [0.15, 0.2) is 60.7 Å². The molecule has 0 bridgehead atoms. The highest BCUT2D eigenvalue weighted by atomic mass is 19.1. The van der Waals surface area contributed by atoms with Crippen molar-refractivity contribution < 1.29 is 33.7 Å². The summed E-state index contributed by atoms with van der Waals surface area (Å²) < 4.78 is 25.2. The number of carbonyl (C=O) groups is 2. The van der Waals surface area contributed by atoms with Gasteiger partial charge in [-0.1, -0.05) is 26.7 Å². The lowest BCUT2D eigenvalue weighted by Crippen LogP contribution is -2.48. The molecule has 0 aliphatic carbocycles. The van der Waals surface area contributed by atoms with Crippen LogP contribution in [-0.2, 0) is 0 Å². The highest BCUT2D eigenvalue weighted by molar-refractivity contribution is 5.95. The minimum absolute atomic E-state index is 0.0490. The molecule has 0 radical (unpaired) electrons. The van der Waals surface area contributed by atoms with E-state index in [9.17, 15) is 24.2 Å². The number of amides is 3. The van der Waals surface area contributed by atoms with Crippen molar-refractivity contribution in [2.45, 2.75) is 51.6 Å². The first kappa shape index (κ1) is 29.7. The predicted octanol–water partition coefficient (Wildman–Crippen LogP) is 6.40. The van der Waals surface area contributed by atoms with Gasteiger partial charge in [-0.25, -0.2) is 9.18 Å². The Labute approximate surface area is 238 Å². The summed E-state index contributed by atoms with van der Waals surface area (Å²) in [5.41, 5.74) is 4.81. The lowest BCUT2D eigenvalue weighted by molar-refractivity contribution is -0.0309. The standard InChI is InChI=1S/C31H36FN3O6/c1-3-20(4-2)19-31(39)11-13-35(14-12-31)30(38)34-22-15-25(40-23-7-5-21(32)6-8-23)17-26(16-22)41-24-9-10-27(29(33)37)28(36)18-24/h5-10,15-18,20,36,39H,3-4,11-14,19H2,1-2H3,(H2,33,37)(H,34,38). The van der Waals surface area contributed by atoms with Crippen molar-refractivity contribution in [1.29, 1.82) is 0 Å². The van der Waals surface area contributed by atoms with Gasteiger partial charge in [-0.3, -0.25) is 4.79 Å². The number of hydrogen-bond donors (Lipinski definition) is 4. The molecule has 0 spiro atoms. The topological polar surface area (TPSA) is 134 Å². The molecular formula is C31H36FN3O6. The van der Waals surface area contributed by atoms with Gasteiger partial charge in [-0.15, -0.1) is 0 Å². The number of carbonyl (C=O) groups excluding carboxylic acids is 2. The number of phenols is 1. The Hall–Kier alpha value is -4.31. The van der Waals surface area contributed by atoms with Crippen LogP contribution in [0.4, 0.5) is 14.9 Å². The fourth-order valence-corrected chi connectivity index (χ4v) is 4.97. The summed E-state index contributed by atoms with van der Waals surface area (Å²) in [5, 5.41) is 24.1. The van der Waals surface area contributed by atoms with Gasteiger partial charge in [-0.2, -0.15) is 0 Å². The number of aromatic hydroxyl groups is 1. The lowest BCUT2D eigenvalue weighted by atomic mass is 9.81. The highest BCUT2D eigenvalue weighted by Gasteiger charge is 2.35. The normalized spacial score (nSPS) is 14.5. The number of anilines is 1. The van der Waals surface area contributed by atoms with Crippen molar-refractivity contribution in [2.24, 2.45) is 11.7 Å². The van der Waals surface area contributed by atoms with E-state index in [1.165, 1.54) is 42.5 Å². The van der Waals surface area contributed by atoms with Crippen LogP contribution in [0, 0.1) is 11.7 Å². The molecule has 3 aromatic carbocycles. The molecule has 10 heteroatoms. The number of halogens is 1. The van der Waals surface area contributed by atoms with Gasteiger partial charge in [0.15, 0.2) is 0 Å². The van der Waals surface area contributed by atoms with Crippen molar-refractivity contribution in [2.75, 3.05) is 18.4 Å². The Morgan fingerprint density at radius 3 is 2.10 bits per heavy atom. The molecule has 9 nitrogen and oxygen atoms in total. The Balaban J connectivity index is 1.51. The smallest absolute Gasteiger partial charge is 0.321 e. The second-order valence-electron chi connectivity index (χ2n) is 10.4. The number of hydrogen-bond acceptors (Lipinski definition) is 6. The number of piperidine rings is 1. The molecular weight excluding hydrogens is 529 g/mol. The van der Waals surface area contributed by atoms with Crippen molar-refractivity contribution in [3.63, 3.8) is 0 Å². The van der Waals surface area contributed by atoms with E-state index in [-0.39, 0.29) is 28.8 Å².